The van der Waals surface area contributed by atoms with Gasteiger partial charge < -0.3 is 15.1 Å². The molecule has 0 bridgehead atoms. The van der Waals surface area contributed by atoms with Gasteiger partial charge in [-0.3, -0.25) is 24.6 Å². The zero-order valence-electron chi connectivity index (χ0n) is 17.9. The molecular weight excluding hydrogens is 433 g/mol. The van der Waals surface area contributed by atoms with Crippen LogP contribution in [-0.4, -0.2) is 65.3 Å². The average molecular weight is 455 g/mol. The molecule has 0 aliphatic carbocycles. The first-order chi connectivity index (χ1) is 15.7. The molecule has 2 aliphatic heterocycles. The van der Waals surface area contributed by atoms with Crippen LogP contribution >= 0.6 is 0 Å². The van der Waals surface area contributed by atoms with Gasteiger partial charge in [0.15, 0.2) is 0 Å². The van der Waals surface area contributed by atoms with Crippen molar-refractivity contribution in [3.63, 3.8) is 0 Å². The minimum atomic E-state index is -1.39. The zero-order valence-corrected chi connectivity index (χ0v) is 17.9. The summed E-state index contributed by atoms with van der Waals surface area (Å²) < 4.78 is 13.3. The normalized spacial score (nSPS) is 20.7. The van der Waals surface area contributed by atoms with Crippen LogP contribution in [0.1, 0.15) is 12.5 Å². The number of urea groups is 1. The summed E-state index contributed by atoms with van der Waals surface area (Å²) in [4.78, 5) is 53.4. The molecule has 33 heavy (non-hydrogen) atoms. The smallest absolute Gasteiger partial charge is 0.325 e. The van der Waals surface area contributed by atoms with Crippen molar-refractivity contribution in [3.8, 4) is 0 Å². The number of carbonyl (C=O) groups is 3. The molecule has 0 radical (unpaired) electrons. The fourth-order valence-electron chi connectivity index (χ4n) is 4.14. The molecule has 172 valence electrons. The first-order valence-electron chi connectivity index (χ1n) is 10.4. The molecule has 1 atom stereocenters. The van der Waals surface area contributed by atoms with Gasteiger partial charge in [-0.05, 0) is 30.7 Å². The molecule has 0 spiro atoms. The Morgan fingerprint density at radius 3 is 2.36 bits per heavy atom. The second kappa shape index (κ2) is 8.49. The van der Waals surface area contributed by atoms with Crippen molar-refractivity contribution in [1.82, 2.24) is 15.1 Å². The number of nitro groups is 1. The van der Waals surface area contributed by atoms with Crippen LogP contribution in [0.25, 0.3) is 0 Å². The predicted octanol–water partition coefficient (Wildman–Crippen LogP) is 1.85. The molecule has 0 aromatic heterocycles. The molecule has 0 saturated carbocycles. The Morgan fingerprint density at radius 2 is 1.73 bits per heavy atom. The third kappa shape index (κ3) is 4.09. The molecule has 2 aromatic carbocycles. The van der Waals surface area contributed by atoms with Crippen LogP contribution in [0.2, 0.25) is 0 Å². The molecule has 0 unspecified atom stereocenters. The Kier molecular flexibility index (Phi) is 5.71. The lowest BCUT2D eigenvalue weighted by atomic mass is 9.92. The van der Waals surface area contributed by atoms with Crippen molar-refractivity contribution < 1.29 is 23.7 Å². The van der Waals surface area contributed by atoms with Crippen molar-refractivity contribution in [2.75, 3.05) is 37.6 Å². The van der Waals surface area contributed by atoms with E-state index in [1.807, 2.05) is 4.90 Å². The van der Waals surface area contributed by atoms with E-state index in [9.17, 15) is 28.9 Å². The van der Waals surface area contributed by atoms with Gasteiger partial charge in [0.05, 0.1) is 4.92 Å². The second-order valence-corrected chi connectivity index (χ2v) is 8.07. The number of nitrogens with zero attached hydrogens (tertiary/aromatic N) is 4. The van der Waals surface area contributed by atoms with Gasteiger partial charge in [0.2, 0.25) is 5.91 Å². The Bertz CT molecular complexity index is 1120. The zero-order chi connectivity index (χ0) is 23.8. The fourth-order valence-corrected chi connectivity index (χ4v) is 4.14. The van der Waals surface area contributed by atoms with Gasteiger partial charge >= 0.3 is 6.03 Å². The molecule has 2 aromatic rings. The maximum absolute atomic E-state index is 13.3. The van der Waals surface area contributed by atoms with Crippen LogP contribution in [0.15, 0.2) is 48.5 Å². The number of rotatable bonds is 5. The number of anilines is 1. The minimum Gasteiger partial charge on any atom is -0.362 e. The van der Waals surface area contributed by atoms with Crippen LogP contribution in [0, 0.1) is 15.9 Å². The number of hydrogen-bond donors (Lipinski definition) is 1. The number of imide groups is 1. The van der Waals surface area contributed by atoms with Crippen LogP contribution in [0.3, 0.4) is 0 Å². The predicted molar refractivity (Wildman–Crippen MR) is 116 cm³/mol. The van der Waals surface area contributed by atoms with Gasteiger partial charge in [-0.2, -0.15) is 0 Å². The summed E-state index contributed by atoms with van der Waals surface area (Å²) in [6.45, 7) is 2.44. The first-order valence-corrected chi connectivity index (χ1v) is 10.4. The van der Waals surface area contributed by atoms with Crippen molar-refractivity contribution in [1.29, 1.82) is 0 Å². The van der Waals surface area contributed by atoms with E-state index in [2.05, 4.69) is 5.32 Å². The monoisotopic (exact) mass is 455 g/mol. The van der Waals surface area contributed by atoms with E-state index >= 15 is 0 Å². The minimum absolute atomic E-state index is 0.00306. The summed E-state index contributed by atoms with van der Waals surface area (Å²) in [5.41, 5.74) is -0.499. The number of benzene rings is 2. The maximum atomic E-state index is 13.3. The summed E-state index contributed by atoms with van der Waals surface area (Å²) in [5.74, 6) is -1.46. The third-order valence-electron chi connectivity index (χ3n) is 6.04. The number of hydrogen-bond acceptors (Lipinski definition) is 6. The highest BCUT2D eigenvalue weighted by atomic mass is 19.1. The standard InChI is InChI=1S/C22H22FN5O5/c1-22(15-6-8-16(23)9-7-15)20(30)27(21(31)24-22)14-19(29)26-12-10-25(11-13-26)17-4-2-3-5-18(17)28(32)33/h2-9H,10-14H2,1H3,(H,24,31)/t22-/m1/s1. The molecular formula is C22H22FN5O5. The van der Waals surface area contributed by atoms with Gasteiger partial charge in [0.1, 0.15) is 23.6 Å². The molecule has 11 heteroatoms. The molecule has 2 heterocycles. The van der Waals surface area contributed by atoms with E-state index in [0.29, 0.717) is 37.4 Å². The van der Waals surface area contributed by atoms with E-state index < -0.39 is 40.7 Å². The average Bonchev–Trinajstić information content (AvgIpc) is 3.03. The summed E-state index contributed by atoms with van der Waals surface area (Å²) in [6.07, 6.45) is 0. The highest BCUT2D eigenvalue weighted by Gasteiger charge is 2.49. The largest absolute Gasteiger partial charge is 0.362 e. The van der Waals surface area contributed by atoms with E-state index in [4.69, 9.17) is 0 Å². The highest BCUT2D eigenvalue weighted by molar-refractivity contribution is 6.09. The van der Waals surface area contributed by atoms with Crippen molar-refractivity contribution in [3.05, 3.63) is 70.0 Å². The molecule has 2 aliphatic rings. The van der Waals surface area contributed by atoms with Gasteiger partial charge in [0.25, 0.3) is 11.6 Å². The van der Waals surface area contributed by atoms with Crippen LogP contribution in [0.5, 0.6) is 0 Å². The van der Waals surface area contributed by atoms with Crippen LogP contribution < -0.4 is 10.2 Å². The Labute approximate surface area is 188 Å². The topological polar surface area (TPSA) is 116 Å². The lowest BCUT2D eigenvalue weighted by Crippen LogP contribution is -2.52. The van der Waals surface area contributed by atoms with Crippen molar-refractivity contribution in [2.45, 2.75) is 12.5 Å². The van der Waals surface area contributed by atoms with E-state index in [0.717, 1.165) is 4.90 Å². The number of piperazine rings is 1. The van der Waals surface area contributed by atoms with Gasteiger partial charge in [-0.15, -0.1) is 0 Å². The Hall–Kier alpha value is -4.02. The van der Waals surface area contributed by atoms with E-state index in [1.165, 1.54) is 42.2 Å². The number of amides is 4. The van der Waals surface area contributed by atoms with Gasteiger partial charge in [-0.25, -0.2) is 9.18 Å². The molecule has 1 N–H and O–H groups in total. The number of halogens is 1. The Morgan fingerprint density at radius 1 is 1.09 bits per heavy atom. The summed E-state index contributed by atoms with van der Waals surface area (Å²) in [5, 5.41) is 13.9. The molecule has 4 rings (SSSR count). The van der Waals surface area contributed by atoms with Crippen LogP contribution in [0.4, 0.5) is 20.6 Å². The highest BCUT2D eigenvalue weighted by Crippen LogP contribution is 2.30. The third-order valence-corrected chi connectivity index (χ3v) is 6.04. The van der Waals surface area contributed by atoms with E-state index in [-0.39, 0.29) is 5.69 Å². The summed E-state index contributed by atoms with van der Waals surface area (Å²) in [6, 6.07) is 11.0. The number of carbonyl (C=O) groups excluding carboxylic acids is 3. The number of para-hydroxylation sites is 2. The maximum Gasteiger partial charge on any atom is 0.325 e. The number of nitrogens with one attached hydrogen (secondary N) is 1. The molecule has 10 nitrogen and oxygen atoms in total. The van der Waals surface area contributed by atoms with E-state index in [1.54, 1.807) is 18.2 Å². The Balaban J connectivity index is 1.40. The quantitative estimate of drug-likeness (QED) is 0.418. The number of nitro benzene ring substituents is 1. The second-order valence-electron chi connectivity index (χ2n) is 8.07. The van der Waals surface area contributed by atoms with Crippen LogP contribution in [-0.2, 0) is 15.1 Å². The van der Waals surface area contributed by atoms with Gasteiger partial charge in [0, 0.05) is 32.2 Å². The SMILES string of the molecule is C[C@]1(c2ccc(F)cc2)NC(=O)N(CC(=O)N2CCN(c3ccccc3[N+](=O)[O-])CC2)C1=O. The van der Waals surface area contributed by atoms with Crippen molar-refractivity contribution in [2.24, 2.45) is 0 Å². The van der Waals surface area contributed by atoms with Gasteiger partial charge in [-0.1, -0.05) is 24.3 Å². The molecule has 2 saturated heterocycles. The lowest BCUT2D eigenvalue weighted by Gasteiger charge is -2.36. The first kappa shape index (κ1) is 22.2. The summed E-state index contributed by atoms with van der Waals surface area (Å²) >= 11 is 0. The summed E-state index contributed by atoms with van der Waals surface area (Å²) in [7, 11) is 0. The fraction of sp³-hybridized carbons (Fsp3) is 0.318. The van der Waals surface area contributed by atoms with Crippen molar-refractivity contribution >= 4 is 29.2 Å². The molecule has 4 amide bonds. The molecule has 2 fully saturated rings. The lowest BCUT2D eigenvalue weighted by molar-refractivity contribution is -0.384.